The van der Waals surface area contributed by atoms with Crippen LogP contribution < -0.4 is 5.32 Å². The summed E-state index contributed by atoms with van der Waals surface area (Å²) in [5, 5.41) is 4.34. The van der Waals surface area contributed by atoms with Crippen LogP contribution in [0.25, 0.3) is 10.9 Å². The number of aromatic amines is 1. The number of ether oxygens (including phenoxy) is 1. The zero-order chi connectivity index (χ0) is 21.8. The quantitative estimate of drug-likeness (QED) is 0.568. The topological polar surface area (TPSA) is 57.4 Å². The minimum Gasteiger partial charge on any atom is -0.371 e. The molecule has 31 heavy (non-hydrogen) atoms. The molecule has 2 heterocycles. The number of nitrogens with one attached hydrogen (secondary N) is 2. The van der Waals surface area contributed by atoms with Crippen LogP contribution in [0.3, 0.4) is 0 Å². The number of hydrogen-bond acceptors (Lipinski definition) is 2. The third-order valence-electron chi connectivity index (χ3n) is 5.88. The summed E-state index contributed by atoms with van der Waals surface area (Å²) in [6.07, 6.45) is 1.97. The smallest absolute Gasteiger partial charge is 0.317 e. The molecule has 0 unspecified atom stereocenters. The van der Waals surface area contributed by atoms with Gasteiger partial charge in [-0.3, -0.25) is 0 Å². The fraction of sp³-hybridized carbons (Fsp3) is 0.423. The van der Waals surface area contributed by atoms with Crippen LogP contribution in [-0.4, -0.2) is 34.6 Å². The maximum atomic E-state index is 12.7. The Morgan fingerprint density at radius 2 is 1.81 bits per heavy atom. The van der Waals surface area contributed by atoms with Crippen molar-refractivity contribution in [2.75, 3.05) is 13.1 Å². The van der Waals surface area contributed by atoms with Gasteiger partial charge >= 0.3 is 6.03 Å². The van der Waals surface area contributed by atoms with Gasteiger partial charge in [0.2, 0.25) is 0 Å². The number of aromatic nitrogens is 1. The number of benzene rings is 2. The van der Waals surface area contributed by atoms with Gasteiger partial charge in [-0.05, 0) is 62.3 Å². The molecule has 164 valence electrons. The molecule has 2 aromatic carbocycles. The lowest BCUT2D eigenvalue weighted by Gasteiger charge is -2.31. The third kappa shape index (κ3) is 5.67. The number of piperidine rings is 1. The predicted octanol–water partition coefficient (Wildman–Crippen LogP) is 5.57. The standard InChI is InChI=1S/C26H33N3O2/c1-26(2,3)31-18-20-8-6-7-19(15-20)17-27-25(30)29-13-11-21(12-14-29)24-16-22-9-4-5-10-23(22)28-24/h4-10,15-16,21,28H,11-14,17-18H2,1-3H3,(H,27,30). The molecular weight excluding hydrogens is 386 g/mol. The largest absolute Gasteiger partial charge is 0.371 e. The highest BCUT2D eigenvalue weighted by molar-refractivity contribution is 5.80. The van der Waals surface area contributed by atoms with Crippen molar-refractivity contribution in [3.8, 4) is 0 Å². The highest BCUT2D eigenvalue weighted by atomic mass is 16.5. The Morgan fingerprint density at radius 3 is 2.55 bits per heavy atom. The molecule has 1 aliphatic heterocycles. The number of rotatable bonds is 5. The van der Waals surface area contributed by atoms with E-state index in [1.165, 1.54) is 16.6 Å². The zero-order valence-corrected chi connectivity index (χ0v) is 18.8. The van der Waals surface area contributed by atoms with Crippen molar-refractivity contribution in [2.45, 2.75) is 58.3 Å². The second kappa shape index (κ2) is 9.15. The third-order valence-corrected chi connectivity index (χ3v) is 5.88. The van der Waals surface area contributed by atoms with E-state index in [-0.39, 0.29) is 11.6 Å². The van der Waals surface area contributed by atoms with Crippen LogP contribution >= 0.6 is 0 Å². The van der Waals surface area contributed by atoms with E-state index in [1.807, 2.05) is 17.0 Å². The van der Waals surface area contributed by atoms with Crippen LogP contribution in [-0.2, 0) is 17.9 Å². The first-order valence-corrected chi connectivity index (χ1v) is 11.2. The number of H-pyrrole nitrogens is 1. The van der Waals surface area contributed by atoms with Crippen molar-refractivity contribution < 1.29 is 9.53 Å². The van der Waals surface area contributed by atoms with E-state index in [2.05, 4.69) is 73.5 Å². The summed E-state index contributed by atoms with van der Waals surface area (Å²) in [7, 11) is 0. The minimum absolute atomic E-state index is 0.0199. The Hall–Kier alpha value is -2.79. The van der Waals surface area contributed by atoms with Gasteiger partial charge in [-0.2, -0.15) is 0 Å². The van der Waals surface area contributed by atoms with E-state index >= 15 is 0 Å². The molecule has 0 saturated carbocycles. The average Bonchev–Trinajstić information content (AvgIpc) is 3.20. The van der Waals surface area contributed by atoms with E-state index in [0.29, 0.717) is 19.1 Å². The summed E-state index contributed by atoms with van der Waals surface area (Å²) < 4.78 is 5.86. The van der Waals surface area contributed by atoms with Gasteiger partial charge in [0.1, 0.15) is 0 Å². The van der Waals surface area contributed by atoms with Crippen molar-refractivity contribution in [1.82, 2.24) is 15.2 Å². The number of likely N-dealkylation sites (tertiary alicyclic amines) is 1. The number of nitrogens with zero attached hydrogens (tertiary/aromatic N) is 1. The zero-order valence-electron chi connectivity index (χ0n) is 18.8. The second-order valence-corrected chi connectivity index (χ2v) is 9.45. The summed E-state index contributed by atoms with van der Waals surface area (Å²) in [5.74, 6) is 0.482. The van der Waals surface area contributed by atoms with E-state index in [1.54, 1.807) is 0 Å². The molecule has 1 aromatic heterocycles. The highest BCUT2D eigenvalue weighted by Crippen LogP contribution is 2.29. The molecule has 3 aromatic rings. The molecular formula is C26H33N3O2. The fourth-order valence-corrected chi connectivity index (χ4v) is 4.13. The summed E-state index contributed by atoms with van der Waals surface area (Å²) in [5.41, 5.74) is 4.53. The molecule has 5 heteroatoms. The summed E-state index contributed by atoms with van der Waals surface area (Å²) in [6, 6.07) is 18.9. The van der Waals surface area contributed by atoms with Gasteiger partial charge in [-0.15, -0.1) is 0 Å². The molecule has 1 fully saturated rings. The number of amides is 2. The number of carbonyl (C=O) groups is 1. The summed E-state index contributed by atoms with van der Waals surface area (Å²) in [4.78, 5) is 18.2. The Bertz CT molecular complexity index is 993. The van der Waals surface area contributed by atoms with Gasteiger partial charge in [0.25, 0.3) is 0 Å². The van der Waals surface area contributed by atoms with E-state index in [0.717, 1.165) is 37.1 Å². The Kier molecular flexibility index (Phi) is 6.33. The lowest BCUT2D eigenvalue weighted by atomic mass is 9.94. The SMILES string of the molecule is CC(C)(C)OCc1cccc(CNC(=O)N2CCC(c3cc4ccccc4[nH]3)CC2)c1. The number of hydrogen-bond donors (Lipinski definition) is 2. The first kappa shape index (κ1) is 21.4. The molecule has 0 spiro atoms. The van der Waals surface area contributed by atoms with Gasteiger partial charge in [0.15, 0.2) is 0 Å². The summed E-state index contributed by atoms with van der Waals surface area (Å²) >= 11 is 0. The van der Waals surface area contributed by atoms with Crippen LogP contribution in [0.5, 0.6) is 0 Å². The first-order valence-electron chi connectivity index (χ1n) is 11.2. The van der Waals surface area contributed by atoms with Crippen molar-refractivity contribution in [3.05, 3.63) is 71.4 Å². The predicted molar refractivity (Wildman–Crippen MR) is 125 cm³/mol. The maximum Gasteiger partial charge on any atom is 0.317 e. The molecule has 1 saturated heterocycles. The van der Waals surface area contributed by atoms with Crippen molar-refractivity contribution in [1.29, 1.82) is 0 Å². The van der Waals surface area contributed by atoms with Crippen LogP contribution in [0.4, 0.5) is 4.79 Å². The van der Waals surface area contributed by atoms with Crippen molar-refractivity contribution in [3.63, 3.8) is 0 Å². The number of para-hydroxylation sites is 1. The lowest BCUT2D eigenvalue weighted by molar-refractivity contribution is -0.0149. The van der Waals surface area contributed by atoms with Gasteiger partial charge in [0, 0.05) is 36.8 Å². The Labute approximate surface area is 184 Å². The van der Waals surface area contributed by atoms with Crippen molar-refractivity contribution in [2.24, 2.45) is 0 Å². The molecule has 2 amide bonds. The molecule has 5 nitrogen and oxygen atoms in total. The monoisotopic (exact) mass is 419 g/mol. The van der Waals surface area contributed by atoms with Gasteiger partial charge in [-0.1, -0.05) is 42.5 Å². The molecule has 0 aliphatic carbocycles. The average molecular weight is 420 g/mol. The fourth-order valence-electron chi connectivity index (χ4n) is 4.13. The highest BCUT2D eigenvalue weighted by Gasteiger charge is 2.24. The van der Waals surface area contributed by atoms with E-state index in [9.17, 15) is 4.79 Å². The molecule has 0 radical (unpaired) electrons. The summed E-state index contributed by atoms with van der Waals surface area (Å²) in [6.45, 7) is 8.84. The van der Waals surface area contributed by atoms with Crippen LogP contribution in [0, 0.1) is 0 Å². The minimum atomic E-state index is -0.163. The van der Waals surface area contributed by atoms with Crippen LogP contribution in [0.15, 0.2) is 54.6 Å². The van der Waals surface area contributed by atoms with E-state index in [4.69, 9.17) is 4.74 Å². The normalized spacial score (nSPS) is 15.4. The Morgan fingerprint density at radius 1 is 1.06 bits per heavy atom. The molecule has 0 atom stereocenters. The molecule has 2 N–H and O–H groups in total. The van der Waals surface area contributed by atoms with Gasteiger partial charge in [-0.25, -0.2) is 4.79 Å². The number of urea groups is 1. The number of carbonyl (C=O) groups excluding carboxylic acids is 1. The van der Waals surface area contributed by atoms with Crippen LogP contribution in [0.1, 0.15) is 56.4 Å². The molecule has 4 rings (SSSR count). The molecule has 0 bridgehead atoms. The first-order chi connectivity index (χ1) is 14.9. The maximum absolute atomic E-state index is 12.7. The number of fused-ring (bicyclic) bond motifs is 1. The lowest BCUT2D eigenvalue weighted by Crippen LogP contribution is -2.43. The van der Waals surface area contributed by atoms with Gasteiger partial charge < -0.3 is 19.9 Å². The molecule has 1 aliphatic rings. The van der Waals surface area contributed by atoms with Crippen LogP contribution in [0.2, 0.25) is 0 Å². The van der Waals surface area contributed by atoms with Crippen molar-refractivity contribution >= 4 is 16.9 Å². The van der Waals surface area contributed by atoms with E-state index < -0.39 is 0 Å². The Balaban J connectivity index is 1.26. The van der Waals surface area contributed by atoms with Gasteiger partial charge in [0.05, 0.1) is 12.2 Å². The second-order valence-electron chi connectivity index (χ2n) is 9.45.